The van der Waals surface area contributed by atoms with Gasteiger partial charge in [-0.25, -0.2) is 39.3 Å². The lowest BCUT2D eigenvalue weighted by Crippen LogP contribution is -2.18. The van der Waals surface area contributed by atoms with Gasteiger partial charge in [0.05, 0.1) is 38.3 Å². The molecular formula is C56H52N12O2. The van der Waals surface area contributed by atoms with Crippen LogP contribution in [-0.2, 0) is 13.1 Å². The van der Waals surface area contributed by atoms with Crippen LogP contribution in [0.2, 0.25) is 0 Å². The average Bonchev–Trinajstić information content (AvgIpc) is 4.26. The topological polar surface area (TPSA) is 141 Å². The predicted octanol–water partition coefficient (Wildman–Crippen LogP) is 10.9. The SMILES string of the molecule is COc1nc(-c2nc3n(n2)CCC[C@@H]3c2cccc(-c3ccccc3)c2)ccc1-n1cnc(C)c1.COc1nc(-c2nc3n(n2)CCC[C@H]3c2cccc(-c3ccccc3)c2)ccc1-n1cnc(C)c1. The highest BCUT2D eigenvalue weighted by Crippen LogP contribution is 2.38. The Hall–Kier alpha value is -8.52. The maximum atomic E-state index is 5.60. The molecule has 2 aliphatic rings. The smallest absolute Gasteiger partial charge is 0.238 e. The number of imidazole rings is 2. The molecule has 0 N–H and O–H groups in total. The second kappa shape index (κ2) is 19.2. The van der Waals surface area contributed by atoms with E-state index in [1.54, 1.807) is 26.9 Å². The average molecular weight is 925 g/mol. The number of nitrogens with zero attached hydrogens (tertiary/aromatic N) is 12. The number of aromatic nitrogens is 12. The first-order valence-electron chi connectivity index (χ1n) is 23.7. The van der Waals surface area contributed by atoms with Crippen LogP contribution in [0.25, 0.3) is 56.7 Å². The zero-order valence-electron chi connectivity index (χ0n) is 39.6. The van der Waals surface area contributed by atoms with Crippen molar-refractivity contribution >= 4 is 0 Å². The summed E-state index contributed by atoms with van der Waals surface area (Å²) in [6.45, 7) is 5.63. The van der Waals surface area contributed by atoms with E-state index in [1.807, 2.05) is 81.1 Å². The van der Waals surface area contributed by atoms with E-state index in [-0.39, 0.29) is 11.8 Å². The van der Waals surface area contributed by atoms with Crippen molar-refractivity contribution < 1.29 is 9.47 Å². The van der Waals surface area contributed by atoms with Crippen molar-refractivity contribution in [1.29, 1.82) is 0 Å². The molecule has 6 aromatic heterocycles. The number of fused-ring (bicyclic) bond motifs is 2. The van der Waals surface area contributed by atoms with Crippen LogP contribution in [0.3, 0.4) is 0 Å². The van der Waals surface area contributed by atoms with Gasteiger partial charge in [-0.2, -0.15) is 0 Å². The molecule has 0 saturated heterocycles. The summed E-state index contributed by atoms with van der Waals surface area (Å²) in [6.07, 6.45) is 11.6. The van der Waals surface area contributed by atoms with Crippen LogP contribution in [0.5, 0.6) is 11.8 Å². The number of pyridine rings is 2. The Morgan fingerprint density at radius 1 is 0.471 bits per heavy atom. The van der Waals surface area contributed by atoms with E-state index in [4.69, 9.17) is 39.6 Å². The quantitative estimate of drug-likeness (QED) is 0.130. The minimum Gasteiger partial charge on any atom is -0.479 e. The standard InChI is InChI=1S/2C28H26N6O/c2*1-19-17-33(18-29-19)25-14-13-24(30-28(25)35-2)26-31-27-23(12-7-15-34(27)32-26)22-11-6-10-21(16-22)20-8-4-3-5-9-20/h2*3-6,8-11,13-14,16-18,23H,7,12,15H2,1-2H3/t2*23-/m10/s1. The van der Waals surface area contributed by atoms with Crippen molar-refractivity contribution in [1.82, 2.24) is 58.6 Å². The number of methoxy groups -OCH3 is 2. The van der Waals surface area contributed by atoms with Crippen LogP contribution < -0.4 is 9.47 Å². The number of ether oxygens (including phenoxy) is 2. The minimum absolute atomic E-state index is 0.198. The van der Waals surface area contributed by atoms with E-state index in [2.05, 4.69) is 107 Å². The summed E-state index contributed by atoms with van der Waals surface area (Å²) in [4.78, 5) is 28.0. The summed E-state index contributed by atoms with van der Waals surface area (Å²) in [5.41, 5.74) is 12.3. The molecule has 14 heteroatoms. The van der Waals surface area contributed by atoms with E-state index in [0.29, 0.717) is 34.8 Å². The Balaban J connectivity index is 0.000000152. The lowest BCUT2D eigenvalue weighted by atomic mass is 9.89. The number of aryl methyl sites for hydroxylation is 4. The van der Waals surface area contributed by atoms with E-state index in [9.17, 15) is 0 Å². The molecule has 2 aliphatic heterocycles. The first-order chi connectivity index (χ1) is 34.4. The monoisotopic (exact) mass is 924 g/mol. The van der Waals surface area contributed by atoms with Crippen LogP contribution in [0.4, 0.5) is 0 Å². The van der Waals surface area contributed by atoms with Crippen LogP contribution in [0, 0.1) is 13.8 Å². The Morgan fingerprint density at radius 3 is 1.30 bits per heavy atom. The molecule has 2 atom stereocenters. The fourth-order valence-corrected chi connectivity index (χ4v) is 9.60. The Labute approximate surface area is 406 Å². The van der Waals surface area contributed by atoms with Crippen molar-refractivity contribution in [2.24, 2.45) is 0 Å². The lowest BCUT2D eigenvalue weighted by molar-refractivity contribution is 0.396. The van der Waals surface area contributed by atoms with Crippen molar-refractivity contribution in [3.8, 4) is 68.4 Å². The number of hydrogen-bond acceptors (Lipinski definition) is 10. The summed E-state index contributed by atoms with van der Waals surface area (Å²) >= 11 is 0. The molecule has 0 fully saturated rings. The van der Waals surface area contributed by atoms with E-state index in [1.165, 1.54) is 33.4 Å². The fraction of sp³-hybridized carbons (Fsp3) is 0.214. The Morgan fingerprint density at radius 2 is 0.900 bits per heavy atom. The van der Waals surface area contributed by atoms with E-state index in [0.717, 1.165) is 73.2 Å². The van der Waals surface area contributed by atoms with Gasteiger partial charge in [0.15, 0.2) is 11.6 Å². The van der Waals surface area contributed by atoms with Gasteiger partial charge in [-0.1, -0.05) is 109 Å². The maximum Gasteiger partial charge on any atom is 0.238 e. The molecule has 4 aromatic carbocycles. The highest BCUT2D eigenvalue weighted by Gasteiger charge is 2.29. The van der Waals surface area contributed by atoms with Crippen LogP contribution in [0.15, 0.2) is 159 Å². The van der Waals surface area contributed by atoms with Gasteiger partial charge in [0.25, 0.3) is 0 Å². The van der Waals surface area contributed by atoms with Gasteiger partial charge >= 0.3 is 0 Å². The Bertz CT molecular complexity index is 3200. The Kier molecular flexibility index (Phi) is 12.1. The van der Waals surface area contributed by atoms with Gasteiger partial charge in [-0.05, 0) is 97.2 Å². The van der Waals surface area contributed by atoms with Gasteiger partial charge in [-0.3, -0.25) is 0 Å². The molecular weight excluding hydrogens is 873 g/mol. The fourth-order valence-electron chi connectivity index (χ4n) is 9.60. The maximum absolute atomic E-state index is 5.60. The van der Waals surface area contributed by atoms with Crippen LogP contribution >= 0.6 is 0 Å². The third-order valence-electron chi connectivity index (χ3n) is 13.0. The molecule has 0 radical (unpaired) electrons. The molecule has 12 rings (SSSR count). The largest absolute Gasteiger partial charge is 0.479 e. The third-order valence-corrected chi connectivity index (χ3v) is 13.0. The zero-order valence-corrected chi connectivity index (χ0v) is 39.6. The first kappa shape index (κ1) is 44.0. The molecule has 0 saturated carbocycles. The van der Waals surface area contributed by atoms with E-state index >= 15 is 0 Å². The summed E-state index contributed by atoms with van der Waals surface area (Å²) < 4.78 is 19.1. The van der Waals surface area contributed by atoms with Crippen molar-refractivity contribution in [2.75, 3.05) is 14.2 Å². The lowest BCUT2D eigenvalue weighted by Gasteiger charge is -2.22. The zero-order chi connectivity index (χ0) is 47.6. The highest BCUT2D eigenvalue weighted by atomic mass is 16.5. The predicted molar refractivity (Wildman–Crippen MR) is 269 cm³/mol. The van der Waals surface area contributed by atoms with Gasteiger partial charge in [-0.15, -0.1) is 10.2 Å². The third kappa shape index (κ3) is 8.86. The number of hydrogen-bond donors (Lipinski definition) is 0. The summed E-state index contributed by atoms with van der Waals surface area (Å²) in [7, 11) is 3.25. The van der Waals surface area contributed by atoms with Gasteiger partial charge in [0, 0.05) is 37.3 Å². The first-order valence-corrected chi connectivity index (χ1v) is 23.7. The van der Waals surface area contributed by atoms with Crippen molar-refractivity contribution in [3.63, 3.8) is 0 Å². The second-order valence-corrected chi connectivity index (χ2v) is 17.7. The molecule has 0 amide bonds. The van der Waals surface area contributed by atoms with Gasteiger partial charge < -0.3 is 18.6 Å². The van der Waals surface area contributed by atoms with Gasteiger partial charge in [0.1, 0.15) is 34.4 Å². The van der Waals surface area contributed by atoms with Gasteiger partial charge in [0.2, 0.25) is 11.8 Å². The summed E-state index contributed by atoms with van der Waals surface area (Å²) in [5.74, 6) is 4.65. The van der Waals surface area contributed by atoms with Crippen molar-refractivity contribution in [2.45, 2.75) is 64.5 Å². The number of benzene rings is 4. The molecule has 8 heterocycles. The second-order valence-electron chi connectivity index (χ2n) is 17.7. The molecule has 0 spiro atoms. The van der Waals surface area contributed by atoms with Crippen molar-refractivity contribution in [3.05, 3.63) is 193 Å². The summed E-state index contributed by atoms with van der Waals surface area (Å²) in [5, 5.41) is 9.66. The minimum atomic E-state index is 0.198. The highest BCUT2D eigenvalue weighted by molar-refractivity contribution is 5.66. The van der Waals surface area contributed by atoms with Crippen LogP contribution in [0.1, 0.15) is 71.7 Å². The van der Waals surface area contributed by atoms with Crippen LogP contribution in [-0.4, -0.2) is 72.8 Å². The summed E-state index contributed by atoms with van der Waals surface area (Å²) in [6, 6.07) is 46.4. The molecule has 70 heavy (non-hydrogen) atoms. The molecule has 14 nitrogen and oxygen atoms in total. The molecule has 0 bridgehead atoms. The molecule has 0 unspecified atom stereocenters. The number of rotatable bonds is 10. The molecule has 10 aromatic rings. The molecule has 348 valence electrons. The van der Waals surface area contributed by atoms with E-state index < -0.39 is 0 Å². The normalized spacial score (nSPS) is 15.1. The molecule has 0 aliphatic carbocycles.